The third-order valence-corrected chi connectivity index (χ3v) is 3.30. The van der Waals surface area contributed by atoms with Crippen LogP contribution in [0.2, 0.25) is 5.02 Å². The molecule has 0 aromatic heterocycles. The van der Waals surface area contributed by atoms with Gasteiger partial charge in [-0.1, -0.05) is 11.6 Å². The minimum Gasteiger partial charge on any atom is -0.464 e. The van der Waals surface area contributed by atoms with Crippen LogP contribution in [0.3, 0.4) is 0 Å². The first-order valence-corrected chi connectivity index (χ1v) is 6.17. The second kappa shape index (κ2) is 5.78. The van der Waals surface area contributed by atoms with Gasteiger partial charge < -0.3 is 10.0 Å². The zero-order valence-corrected chi connectivity index (χ0v) is 10.9. The minimum absolute atomic E-state index is 0.442. The molecule has 1 heterocycles. The number of hydrogen-bond donors (Lipinski definition) is 2. The van der Waals surface area contributed by atoms with Crippen LogP contribution < -0.4 is 10.3 Å². The monoisotopic (exact) mass is 280 g/mol. The average Bonchev–Trinajstić information content (AvgIpc) is 2.40. The molecule has 0 unspecified atom stereocenters. The molecule has 1 aromatic rings. The molecule has 1 aliphatic rings. The zero-order valence-electron chi connectivity index (χ0n) is 10.1. The van der Waals surface area contributed by atoms with Crippen LogP contribution in [-0.4, -0.2) is 42.4 Å². The van der Waals surface area contributed by atoms with Gasteiger partial charge in [-0.3, -0.25) is 5.43 Å². The van der Waals surface area contributed by atoms with Crippen molar-refractivity contribution < 1.29 is 9.90 Å². The van der Waals surface area contributed by atoms with E-state index in [1.165, 1.54) is 0 Å². The largest absolute Gasteiger partial charge is 0.464 e. The number of piperazine rings is 1. The Hall–Kier alpha value is -1.97. The molecular formula is C12H13ClN4O2. The van der Waals surface area contributed by atoms with Crippen LogP contribution in [0.5, 0.6) is 0 Å². The van der Waals surface area contributed by atoms with Gasteiger partial charge in [0.25, 0.3) is 0 Å². The molecule has 1 saturated heterocycles. The Labute approximate surface area is 115 Å². The van der Waals surface area contributed by atoms with Gasteiger partial charge in [0.15, 0.2) is 0 Å². The highest BCUT2D eigenvalue weighted by Gasteiger charge is 2.18. The lowest BCUT2D eigenvalue weighted by molar-refractivity contribution is 0.134. The smallest absolute Gasteiger partial charge is 0.419 e. The Kier molecular flexibility index (Phi) is 4.10. The van der Waals surface area contributed by atoms with Crippen molar-refractivity contribution in [3.8, 4) is 6.07 Å². The Morgan fingerprint density at radius 1 is 1.37 bits per heavy atom. The van der Waals surface area contributed by atoms with E-state index in [4.69, 9.17) is 22.0 Å². The highest BCUT2D eigenvalue weighted by Crippen LogP contribution is 2.23. The zero-order chi connectivity index (χ0) is 13.8. The summed E-state index contributed by atoms with van der Waals surface area (Å²) in [5.74, 6) is 0. The van der Waals surface area contributed by atoms with Crippen molar-refractivity contribution >= 4 is 23.4 Å². The molecule has 0 radical (unpaired) electrons. The van der Waals surface area contributed by atoms with Crippen LogP contribution in [0, 0.1) is 11.3 Å². The van der Waals surface area contributed by atoms with Gasteiger partial charge in [-0.05, 0) is 18.2 Å². The molecule has 100 valence electrons. The second-order valence-electron chi connectivity index (χ2n) is 4.17. The Bertz CT molecular complexity index is 521. The van der Waals surface area contributed by atoms with Crippen molar-refractivity contribution in [2.24, 2.45) is 0 Å². The molecule has 0 saturated carbocycles. The summed E-state index contributed by atoms with van der Waals surface area (Å²) in [6.45, 7) is 2.56. The maximum Gasteiger partial charge on any atom is 0.419 e. The van der Waals surface area contributed by atoms with Gasteiger partial charge >= 0.3 is 6.09 Å². The number of carbonyl (C=O) groups is 1. The van der Waals surface area contributed by atoms with E-state index >= 15 is 0 Å². The van der Waals surface area contributed by atoms with E-state index in [1.807, 2.05) is 6.07 Å². The molecule has 1 fully saturated rings. The molecule has 6 nitrogen and oxygen atoms in total. The Balaban J connectivity index is 2.02. The predicted molar refractivity (Wildman–Crippen MR) is 71.1 cm³/mol. The number of anilines is 1. The highest BCUT2D eigenvalue weighted by atomic mass is 35.5. The summed E-state index contributed by atoms with van der Waals surface area (Å²) in [5, 5.41) is 19.7. The molecule has 1 aromatic carbocycles. The Morgan fingerprint density at radius 2 is 2.05 bits per heavy atom. The number of nitrogens with zero attached hydrogens (tertiary/aromatic N) is 3. The summed E-state index contributed by atoms with van der Waals surface area (Å²) in [6.07, 6.45) is -1.05. The van der Waals surface area contributed by atoms with Crippen LogP contribution in [-0.2, 0) is 0 Å². The van der Waals surface area contributed by atoms with E-state index in [2.05, 4.69) is 16.4 Å². The fraction of sp³-hybridized carbons (Fsp3) is 0.333. The third-order valence-electron chi connectivity index (χ3n) is 2.97. The van der Waals surface area contributed by atoms with Crippen LogP contribution in [0.4, 0.5) is 10.5 Å². The maximum atomic E-state index is 10.5. The lowest BCUT2D eigenvalue weighted by atomic mass is 10.2. The van der Waals surface area contributed by atoms with Gasteiger partial charge in [0.05, 0.1) is 10.6 Å². The first-order valence-electron chi connectivity index (χ1n) is 5.79. The number of carboxylic acid groups (broad SMARTS) is 1. The molecule has 0 atom stereocenters. The summed E-state index contributed by atoms with van der Waals surface area (Å²) >= 11 is 5.89. The van der Waals surface area contributed by atoms with Crippen LogP contribution in [0.15, 0.2) is 18.2 Å². The molecule has 2 rings (SSSR count). The summed E-state index contributed by atoms with van der Waals surface area (Å²) in [5.41, 5.74) is 3.71. The van der Waals surface area contributed by atoms with E-state index < -0.39 is 6.09 Å². The number of nitrogens with one attached hydrogen (secondary N) is 1. The lowest BCUT2D eigenvalue weighted by Gasteiger charge is -2.35. The molecule has 0 bridgehead atoms. The Morgan fingerprint density at radius 3 is 2.63 bits per heavy atom. The summed E-state index contributed by atoms with van der Waals surface area (Å²) in [6, 6.07) is 7.37. The SMILES string of the molecule is N#Cc1cc(N2CCN(NC(=O)O)CC2)ccc1Cl. The van der Waals surface area contributed by atoms with Crippen molar-refractivity contribution in [2.45, 2.75) is 0 Å². The van der Waals surface area contributed by atoms with Gasteiger partial charge in [-0.2, -0.15) is 5.26 Å². The third kappa shape index (κ3) is 3.28. The number of amides is 1. The van der Waals surface area contributed by atoms with E-state index in [9.17, 15) is 4.79 Å². The number of halogens is 1. The molecule has 0 aliphatic carbocycles. The van der Waals surface area contributed by atoms with Crippen LogP contribution in [0.25, 0.3) is 0 Å². The van der Waals surface area contributed by atoms with Gasteiger partial charge in [0.1, 0.15) is 6.07 Å². The molecular weight excluding hydrogens is 268 g/mol. The van der Waals surface area contributed by atoms with Crippen molar-refractivity contribution in [3.05, 3.63) is 28.8 Å². The predicted octanol–water partition coefficient (Wildman–Crippen LogP) is 1.52. The van der Waals surface area contributed by atoms with Crippen molar-refractivity contribution in [2.75, 3.05) is 31.1 Å². The lowest BCUT2D eigenvalue weighted by Crippen LogP contribution is -2.53. The normalized spacial score (nSPS) is 15.9. The van der Waals surface area contributed by atoms with Crippen LogP contribution >= 0.6 is 11.6 Å². The molecule has 2 N–H and O–H groups in total. The number of nitriles is 1. The topological polar surface area (TPSA) is 79.6 Å². The van der Waals surface area contributed by atoms with Gasteiger partial charge in [0, 0.05) is 31.9 Å². The molecule has 0 spiro atoms. The van der Waals surface area contributed by atoms with E-state index in [-0.39, 0.29) is 0 Å². The first kappa shape index (κ1) is 13.5. The standard InChI is InChI=1S/C12H13ClN4O2/c13-11-2-1-10(7-9(11)8-14)16-3-5-17(6-4-16)15-12(18)19/h1-2,7,15H,3-6H2,(H,18,19). The summed E-state index contributed by atoms with van der Waals surface area (Å²) < 4.78 is 0. The van der Waals surface area contributed by atoms with Crippen LogP contribution in [0.1, 0.15) is 5.56 Å². The molecule has 1 amide bonds. The fourth-order valence-electron chi connectivity index (χ4n) is 2.01. The second-order valence-corrected chi connectivity index (χ2v) is 4.57. The maximum absolute atomic E-state index is 10.5. The van der Waals surface area contributed by atoms with Gasteiger partial charge in [-0.15, -0.1) is 0 Å². The number of hydrogen-bond acceptors (Lipinski definition) is 4. The number of hydrazine groups is 1. The number of rotatable bonds is 2. The molecule has 19 heavy (non-hydrogen) atoms. The summed E-state index contributed by atoms with van der Waals surface area (Å²) in [7, 11) is 0. The van der Waals surface area contributed by atoms with Crippen molar-refractivity contribution in [1.29, 1.82) is 5.26 Å². The fourth-order valence-corrected chi connectivity index (χ4v) is 2.17. The summed E-state index contributed by atoms with van der Waals surface area (Å²) in [4.78, 5) is 12.6. The highest BCUT2D eigenvalue weighted by molar-refractivity contribution is 6.31. The van der Waals surface area contributed by atoms with Gasteiger partial charge in [-0.25, -0.2) is 9.80 Å². The number of benzene rings is 1. The van der Waals surface area contributed by atoms with Crippen molar-refractivity contribution in [1.82, 2.24) is 10.4 Å². The minimum atomic E-state index is -1.05. The molecule has 1 aliphatic heterocycles. The molecule has 7 heteroatoms. The van der Waals surface area contributed by atoms with E-state index in [1.54, 1.807) is 17.1 Å². The first-order chi connectivity index (χ1) is 9.10. The van der Waals surface area contributed by atoms with Gasteiger partial charge in [0.2, 0.25) is 0 Å². The quantitative estimate of drug-likeness (QED) is 0.858. The van der Waals surface area contributed by atoms with E-state index in [0.717, 1.165) is 5.69 Å². The van der Waals surface area contributed by atoms with E-state index in [0.29, 0.717) is 36.8 Å². The average molecular weight is 281 g/mol. The van der Waals surface area contributed by atoms with Crippen molar-refractivity contribution in [3.63, 3.8) is 0 Å².